The standard InChI is InChI=1S/C10H12F3N5O/c11-10(12,13)6-3-7(17-9(15)16-6)18-2-1-5(4-18)8(14)19/h3,5H,1-2,4H2,(H2,14,19)(H2,15,16,17). The van der Waals surface area contributed by atoms with E-state index in [-0.39, 0.29) is 18.3 Å². The van der Waals surface area contributed by atoms with E-state index in [0.717, 1.165) is 6.07 Å². The molecule has 0 radical (unpaired) electrons. The number of hydrogen-bond donors (Lipinski definition) is 2. The first kappa shape index (κ1) is 13.4. The van der Waals surface area contributed by atoms with Gasteiger partial charge in [0.15, 0.2) is 5.69 Å². The lowest BCUT2D eigenvalue weighted by atomic mass is 10.1. The van der Waals surface area contributed by atoms with Crippen LogP contribution in [0, 0.1) is 5.92 Å². The monoisotopic (exact) mass is 275 g/mol. The van der Waals surface area contributed by atoms with E-state index in [2.05, 4.69) is 9.97 Å². The summed E-state index contributed by atoms with van der Waals surface area (Å²) in [5.74, 6) is -1.25. The molecule has 1 aromatic heterocycles. The highest BCUT2D eigenvalue weighted by Crippen LogP contribution is 2.31. The fourth-order valence-electron chi connectivity index (χ4n) is 1.96. The maximum Gasteiger partial charge on any atom is 0.433 e. The molecule has 1 fully saturated rings. The summed E-state index contributed by atoms with van der Waals surface area (Å²) in [7, 11) is 0. The van der Waals surface area contributed by atoms with Crippen molar-refractivity contribution in [3.05, 3.63) is 11.8 Å². The van der Waals surface area contributed by atoms with Gasteiger partial charge in [0.2, 0.25) is 11.9 Å². The van der Waals surface area contributed by atoms with Gasteiger partial charge in [0.1, 0.15) is 5.82 Å². The zero-order chi connectivity index (χ0) is 14.2. The number of carbonyl (C=O) groups excluding carboxylic acids is 1. The number of alkyl halides is 3. The van der Waals surface area contributed by atoms with Crippen LogP contribution in [0.1, 0.15) is 12.1 Å². The van der Waals surface area contributed by atoms with E-state index >= 15 is 0 Å². The van der Waals surface area contributed by atoms with Crippen LogP contribution in [0.5, 0.6) is 0 Å². The lowest BCUT2D eigenvalue weighted by molar-refractivity contribution is -0.141. The Labute approximate surface area is 106 Å². The molecule has 104 valence electrons. The number of nitrogens with zero attached hydrogens (tertiary/aromatic N) is 3. The minimum absolute atomic E-state index is 0.0589. The molecule has 1 aromatic rings. The van der Waals surface area contributed by atoms with Crippen molar-refractivity contribution < 1.29 is 18.0 Å². The molecule has 1 saturated heterocycles. The molecular formula is C10H12F3N5O. The van der Waals surface area contributed by atoms with Gasteiger partial charge < -0.3 is 16.4 Å². The molecule has 1 amide bonds. The molecule has 1 aliphatic rings. The van der Waals surface area contributed by atoms with Crippen molar-refractivity contribution in [1.82, 2.24) is 9.97 Å². The van der Waals surface area contributed by atoms with Gasteiger partial charge in [-0.1, -0.05) is 0 Å². The third kappa shape index (κ3) is 2.85. The number of rotatable bonds is 2. The number of amides is 1. The molecule has 0 saturated carbocycles. The normalized spacial score (nSPS) is 19.7. The van der Waals surface area contributed by atoms with E-state index in [0.29, 0.717) is 13.0 Å². The van der Waals surface area contributed by atoms with Crippen molar-refractivity contribution in [2.24, 2.45) is 11.7 Å². The first-order valence-electron chi connectivity index (χ1n) is 5.53. The van der Waals surface area contributed by atoms with Gasteiger partial charge in [0.05, 0.1) is 5.92 Å². The molecule has 1 aliphatic heterocycles. The highest BCUT2D eigenvalue weighted by atomic mass is 19.4. The SMILES string of the molecule is NC(=O)C1CCN(c2cc(C(F)(F)F)nc(N)n2)C1. The van der Waals surface area contributed by atoms with Gasteiger partial charge in [-0.3, -0.25) is 4.79 Å². The van der Waals surface area contributed by atoms with E-state index in [1.807, 2.05) is 0 Å². The number of primary amides is 1. The Kier molecular flexibility index (Phi) is 3.21. The molecule has 0 aliphatic carbocycles. The predicted octanol–water partition coefficient (Wildman–Crippen LogP) is 0.389. The van der Waals surface area contributed by atoms with Gasteiger partial charge in [0, 0.05) is 19.2 Å². The van der Waals surface area contributed by atoms with Crippen LogP contribution >= 0.6 is 0 Å². The number of halogens is 3. The van der Waals surface area contributed by atoms with Crippen LogP contribution in [0.2, 0.25) is 0 Å². The summed E-state index contributed by atoms with van der Waals surface area (Å²) < 4.78 is 37.8. The van der Waals surface area contributed by atoms with Gasteiger partial charge in [-0.05, 0) is 6.42 Å². The van der Waals surface area contributed by atoms with E-state index < -0.39 is 23.7 Å². The summed E-state index contributed by atoms with van der Waals surface area (Å²) in [6.07, 6.45) is -4.10. The van der Waals surface area contributed by atoms with Gasteiger partial charge in [-0.15, -0.1) is 0 Å². The third-order valence-electron chi connectivity index (χ3n) is 2.93. The van der Waals surface area contributed by atoms with Crippen molar-refractivity contribution in [3.63, 3.8) is 0 Å². The van der Waals surface area contributed by atoms with E-state index in [1.165, 1.54) is 0 Å². The molecule has 2 rings (SSSR count). The molecule has 6 nitrogen and oxygen atoms in total. The Morgan fingerprint density at radius 1 is 1.42 bits per heavy atom. The van der Waals surface area contributed by atoms with Gasteiger partial charge >= 0.3 is 6.18 Å². The predicted molar refractivity (Wildman–Crippen MR) is 61.0 cm³/mol. The van der Waals surface area contributed by atoms with Crippen molar-refractivity contribution in [3.8, 4) is 0 Å². The fourth-order valence-corrected chi connectivity index (χ4v) is 1.96. The van der Waals surface area contributed by atoms with E-state index in [4.69, 9.17) is 11.5 Å². The largest absolute Gasteiger partial charge is 0.433 e. The number of carbonyl (C=O) groups is 1. The quantitative estimate of drug-likeness (QED) is 0.813. The Morgan fingerprint density at radius 3 is 2.63 bits per heavy atom. The number of nitrogen functional groups attached to an aromatic ring is 1. The molecule has 1 unspecified atom stereocenters. The Morgan fingerprint density at radius 2 is 2.11 bits per heavy atom. The second kappa shape index (κ2) is 4.56. The summed E-state index contributed by atoms with van der Waals surface area (Å²) in [4.78, 5) is 19.5. The molecule has 4 N–H and O–H groups in total. The maximum atomic E-state index is 12.6. The zero-order valence-corrected chi connectivity index (χ0v) is 9.81. The van der Waals surface area contributed by atoms with Crippen LogP contribution < -0.4 is 16.4 Å². The van der Waals surface area contributed by atoms with E-state index in [9.17, 15) is 18.0 Å². The fraction of sp³-hybridized carbons (Fsp3) is 0.500. The summed E-state index contributed by atoms with van der Waals surface area (Å²) in [5, 5.41) is 0. The molecule has 1 atom stereocenters. The summed E-state index contributed by atoms with van der Waals surface area (Å²) >= 11 is 0. The molecule has 0 spiro atoms. The van der Waals surface area contributed by atoms with Gasteiger partial charge in [-0.2, -0.15) is 18.2 Å². The zero-order valence-electron chi connectivity index (χ0n) is 9.81. The molecular weight excluding hydrogens is 263 g/mol. The lowest BCUT2D eigenvalue weighted by Crippen LogP contribution is -2.28. The highest BCUT2D eigenvalue weighted by Gasteiger charge is 2.35. The molecule has 0 bridgehead atoms. The Balaban J connectivity index is 2.26. The molecule has 2 heterocycles. The number of nitrogens with two attached hydrogens (primary N) is 2. The van der Waals surface area contributed by atoms with Crippen molar-refractivity contribution >= 4 is 17.7 Å². The summed E-state index contributed by atoms with van der Waals surface area (Å²) in [6, 6.07) is 0.819. The van der Waals surface area contributed by atoms with Gasteiger partial charge in [-0.25, -0.2) is 4.98 Å². The van der Waals surface area contributed by atoms with Crippen LogP contribution in [0.25, 0.3) is 0 Å². The van der Waals surface area contributed by atoms with Crippen LogP contribution in [0.4, 0.5) is 24.9 Å². The second-order valence-electron chi connectivity index (χ2n) is 4.30. The first-order valence-corrected chi connectivity index (χ1v) is 5.53. The molecule has 19 heavy (non-hydrogen) atoms. The number of aromatic nitrogens is 2. The summed E-state index contributed by atoms with van der Waals surface area (Å²) in [5.41, 5.74) is 9.34. The van der Waals surface area contributed by atoms with Crippen LogP contribution in [0.3, 0.4) is 0 Å². The van der Waals surface area contributed by atoms with E-state index in [1.54, 1.807) is 4.90 Å². The minimum atomic E-state index is -4.59. The van der Waals surface area contributed by atoms with Crippen molar-refractivity contribution in [1.29, 1.82) is 0 Å². The van der Waals surface area contributed by atoms with Crippen LogP contribution in [-0.4, -0.2) is 29.0 Å². The molecule has 9 heteroatoms. The smallest absolute Gasteiger partial charge is 0.369 e. The van der Waals surface area contributed by atoms with Crippen molar-refractivity contribution in [2.45, 2.75) is 12.6 Å². The van der Waals surface area contributed by atoms with Gasteiger partial charge in [0.25, 0.3) is 0 Å². The Hall–Kier alpha value is -2.06. The highest BCUT2D eigenvalue weighted by molar-refractivity contribution is 5.78. The topological polar surface area (TPSA) is 98.1 Å². The molecule has 0 aromatic carbocycles. The number of anilines is 2. The van der Waals surface area contributed by atoms with Crippen molar-refractivity contribution in [2.75, 3.05) is 23.7 Å². The Bertz CT molecular complexity index is 504. The lowest BCUT2D eigenvalue weighted by Gasteiger charge is -2.18. The van der Waals surface area contributed by atoms with Crippen LogP contribution in [-0.2, 0) is 11.0 Å². The summed E-state index contributed by atoms with van der Waals surface area (Å²) in [6.45, 7) is 0.643. The minimum Gasteiger partial charge on any atom is -0.369 e. The third-order valence-corrected chi connectivity index (χ3v) is 2.93. The first-order chi connectivity index (χ1) is 8.77. The average Bonchev–Trinajstić information content (AvgIpc) is 2.76. The maximum absolute atomic E-state index is 12.6. The average molecular weight is 275 g/mol. The van der Waals surface area contributed by atoms with Crippen LogP contribution in [0.15, 0.2) is 6.07 Å². The second-order valence-corrected chi connectivity index (χ2v) is 4.30. The number of hydrogen-bond acceptors (Lipinski definition) is 5.